The van der Waals surface area contributed by atoms with Crippen LogP contribution in [-0.4, -0.2) is 35.6 Å². The molecule has 16 heavy (non-hydrogen) atoms. The van der Waals surface area contributed by atoms with E-state index in [1.165, 1.54) is 12.0 Å². The summed E-state index contributed by atoms with van der Waals surface area (Å²) in [6, 6.07) is 0. The van der Waals surface area contributed by atoms with Gasteiger partial charge in [-0.05, 0) is 44.2 Å². The summed E-state index contributed by atoms with van der Waals surface area (Å²) in [5, 5.41) is 8.65. The lowest BCUT2D eigenvalue weighted by atomic mass is 9.93. The zero-order valence-electron chi connectivity index (χ0n) is 9.79. The van der Waals surface area contributed by atoms with Crippen LogP contribution in [0.15, 0.2) is 11.1 Å². The van der Waals surface area contributed by atoms with Crippen LogP contribution in [0.2, 0.25) is 0 Å². The minimum atomic E-state index is -0.686. The molecule has 1 fully saturated rings. The van der Waals surface area contributed by atoms with Crippen LogP contribution >= 0.6 is 11.6 Å². The Labute approximate surface area is 102 Å². The van der Waals surface area contributed by atoms with Crippen molar-refractivity contribution in [1.29, 1.82) is 0 Å². The van der Waals surface area contributed by atoms with E-state index in [4.69, 9.17) is 16.7 Å². The van der Waals surface area contributed by atoms with Crippen molar-refractivity contribution in [2.24, 2.45) is 5.92 Å². The Bertz CT molecular complexity index is 266. The average Bonchev–Trinajstić information content (AvgIpc) is 2.26. The summed E-state index contributed by atoms with van der Waals surface area (Å²) in [6.07, 6.45) is 3.42. The van der Waals surface area contributed by atoms with Gasteiger partial charge in [0.1, 0.15) is 0 Å². The third-order valence-electron chi connectivity index (χ3n) is 3.03. The van der Waals surface area contributed by atoms with Crippen molar-refractivity contribution in [3.8, 4) is 0 Å². The molecule has 0 radical (unpaired) electrons. The van der Waals surface area contributed by atoms with Crippen molar-refractivity contribution in [2.45, 2.75) is 32.6 Å². The van der Waals surface area contributed by atoms with Gasteiger partial charge in [0.15, 0.2) is 0 Å². The molecule has 0 bridgehead atoms. The van der Waals surface area contributed by atoms with Gasteiger partial charge in [-0.15, -0.1) is 0 Å². The van der Waals surface area contributed by atoms with E-state index < -0.39 is 5.97 Å². The van der Waals surface area contributed by atoms with Crippen molar-refractivity contribution in [3.05, 3.63) is 11.1 Å². The zero-order valence-corrected chi connectivity index (χ0v) is 10.5. The first-order valence-electron chi connectivity index (χ1n) is 5.82. The van der Waals surface area contributed by atoms with Gasteiger partial charge in [0.25, 0.3) is 0 Å². The Balaban J connectivity index is 2.32. The van der Waals surface area contributed by atoms with Crippen LogP contribution < -0.4 is 0 Å². The third-order valence-corrected chi connectivity index (χ3v) is 3.40. The molecule has 0 aromatic heterocycles. The van der Waals surface area contributed by atoms with Crippen LogP contribution in [0, 0.1) is 5.92 Å². The van der Waals surface area contributed by atoms with Gasteiger partial charge >= 0.3 is 5.97 Å². The van der Waals surface area contributed by atoms with E-state index in [1.807, 2.05) is 6.92 Å². The Hall–Kier alpha value is -0.540. The van der Waals surface area contributed by atoms with Crippen LogP contribution in [0.3, 0.4) is 0 Å². The molecule has 1 aliphatic rings. The van der Waals surface area contributed by atoms with Crippen molar-refractivity contribution in [3.63, 3.8) is 0 Å². The van der Waals surface area contributed by atoms with Gasteiger partial charge in [-0.3, -0.25) is 9.69 Å². The standard InChI is InChI=1S/C12H20ClNO2/c1-10(7-13)8-14-6-2-3-11(9-14)4-5-12(15)16/h7,11H,2-6,8-9H2,1H3,(H,15,16). The number of carbonyl (C=O) groups is 1. The van der Waals surface area contributed by atoms with E-state index in [-0.39, 0.29) is 0 Å². The number of aliphatic carboxylic acids is 1. The van der Waals surface area contributed by atoms with E-state index in [2.05, 4.69) is 4.90 Å². The Morgan fingerprint density at radius 1 is 1.62 bits per heavy atom. The molecule has 3 nitrogen and oxygen atoms in total. The van der Waals surface area contributed by atoms with Crippen LogP contribution in [0.25, 0.3) is 0 Å². The van der Waals surface area contributed by atoms with Gasteiger partial charge in [0.05, 0.1) is 0 Å². The SMILES string of the molecule is CC(=CCl)CN1CCCC(CCC(=O)O)C1. The summed E-state index contributed by atoms with van der Waals surface area (Å²) in [4.78, 5) is 12.9. The molecule has 1 heterocycles. The first-order chi connectivity index (χ1) is 7.61. The highest BCUT2D eigenvalue weighted by molar-refractivity contribution is 6.25. The molecule has 1 atom stereocenters. The third kappa shape index (κ3) is 4.99. The number of hydrogen-bond donors (Lipinski definition) is 1. The zero-order chi connectivity index (χ0) is 12.0. The molecule has 0 aromatic rings. The van der Waals surface area contributed by atoms with Gasteiger partial charge in [-0.25, -0.2) is 0 Å². The smallest absolute Gasteiger partial charge is 0.303 e. The highest BCUT2D eigenvalue weighted by atomic mass is 35.5. The number of rotatable bonds is 5. The first kappa shape index (κ1) is 13.5. The highest BCUT2D eigenvalue weighted by Crippen LogP contribution is 2.21. The summed E-state index contributed by atoms with van der Waals surface area (Å²) < 4.78 is 0. The number of carboxylic acids is 1. The maximum atomic E-state index is 10.5. The predicted molar refractivity (Wildman–Crippen MR) is 65.6 cm³/mol. The van der Waals surface area contributed by atoms with Gasteiger partial charge in [0, 0.05) is 25.0 Å². The Morgan fingerprint density at radius 3 is 3.00 bits per heavy atom. The van der Waals surface area contributed by atoms with Crippen molar-refractivity contribution >= 4 is 17.6 Å². The highest BCUT2D eigenvalue weighted by Gasteiger charge is 2.20. The molecule has 1 unspecified atom stereocenters. The van der Waals surface area contributed by atoms with Crippen molar-refractivity contribution < 1.29 is 9.90 Å². The first-order valence-corrected chi connectivity index (χ1v) is 6.25. The molecule has 4 heteroatoms. The molecule has 1 N–H and O–H groups in total. The number of likely N-dealkylation sites (tertiary alicyclic amines) is 1. The predicted octanol–water partition coefficient (Wildman–Crippen LogP) is 2.71. The average molecular weight is 246 g/mol. The van der Waals surface area contributed by atoms with Crippen LogP contribution in [0.1, 0.15) is 32.6 Å². The molecule has 1 rings (SSSR count). The van der Waals surface area contributed by atoms with E-state index in [0.29, 0.717) is 12.3 Å². The summed E-state index contributed by atoms with van der Waals surface area (Å²) in [6.45, 7) is 5.04. The molecule has 0 aromatic carbocycles. The fourth-order valence-electron chi connectivity index (χ4n) is 2.25. The van der Waals surface area contributed by atoms with E-state index >= 15 is 0 Å². The normalized spacial score (nSPS) is 23.4. The van der Waals surface area contributed by atoms with Crippen LogP contribution in [0.5, 0.6) is 0 Å². The number of halogens is 1. The fraction of sp³-hybridized carbons (Fsp3) is 0.750. The van der Waals surface area contributed by atoms with E-state index in [1.54, 1.807) is 5.54 Å². The summed E-state index contributed by atoms with van der Waals surface area (Å²) >= 11 is 5.64. The molecular formula is C12H20ClNO2. The maximum absolute atomic E-state index is 10.5. The quantitative estimate of drug-likeness (QED) is 0.810. The molecule has 0 saturated carbocycles. The van der Waals surface area contributed by atoms with Gasteiger partial charge in [-0.2, -0.15) is 0 Å². The number of hydrogen-bond acceptors (Lipinski definition) is 2. The molecule has 0 spiro atoms. The second-order valence-electron chi connectivity index (χ2n) is 4.63. The minimum Gasteiger partial charge on any atom is -0.481 e. The van der Waals surface area contributed by atoms with E-state index in [0.717, 1.165) is 32.5 Å². The molecular weight excluding hydrogens is 226 g/mol. The monoisotopic (exact) mass is 245 g/mol. The lowest BCUT2D eigenvalue weighted by Gasteiger charge is -2.32. The number of nitrogens with zero attached hydrogens (tertiary/aromatic N) is 1. The second kappa shape index (κ2) is 6.92. The summed E-state index contributed by atoms with van der Waals surface area (Å²) in [5.41, 5.74) is 2.79. The number of piperidine rings is 1. The lowest BCUT2D eigenvalue weighted by molar-refractivity contribution is -0.137. The summed E-state index contributed by atoms with van der Waals surface area (Å²) in [5.74, 6) is -0.151. The van der Waals surface area contributed by atoms with Crippen LogP contribution in [-0.2, 0) is 4.79 Å². The van der Waals surface area contributed by atoms with Gasteiger partial charge in [-0.1, -0.05) is 11.6 Å². The molecule has 1 saturated heterocycles. The van der Waals surface area contributed by atoms with Crippen molar-refractivity contribution in [2.75, 3.05) is 19.6 Å². The molecule has 0 amide bonds. The molecule has 1 aliphatic heterocycles. The lowest BCUT2D eigenvalue weighted by Crippen LogP contribution is -2.36. The fourth-order valence-corrected chi connectivity index (χ4v) is 2.31. The number of carboxylic acid groups (broad SMARTS) is 1. The molecule has 0 aliphatic carbocycles. The van der Waals surface area contributed by atoms with Gasteiger partial charge < -0.3 is 5.11 Å². The maximum Gasteiger partial charge on any atom is 0.303 e. The van der Waals surface area contributed by atoms with Gasteiger partial charge in [0.2, 0.25) is 0 Å². The topological polar surface area (TPSA) is 40.5 Å². The van der Waals surface area contributed by atoms with E-state index in [9.17, 15) is 4.79 Å². The van der Waals surface area contributed by atoms with Crippen molar-refractivity contribution in [1.82, 2.24) is 4.90 Å². The Kier molecular flexibility index (Phi) is 5.85. The second-order valence-corrected chi connectivity index (χ2v) is 4.85. The Morgan fingerprint density at radius 2 is 2.38 bits per heavy atom. The summed E-state index contributed by atoms with van der Waals surface area (Å²) in [7, 11) is 0. The van der Waals surface area contributed by atoms with Crippen LogP contribution in [0.4, 0.5) is 0 Å². The minimum absolute atomic E-state index is 0.294. The largest absolute Gasteiger partial charge is 0.481 e. The molecule has 92 valence electrons.